The molecular weight excluding hydrogens is 377 g/mol. The lowest BCUT2D eigenvalue weighted by atomic mass is 9.69. The summed E-state index contributed by atoms with van der Waals surface area (Å²) in [5.41, 5.74) is 1.18. The smallest absolute Gasteiger partial charge is 0.416 e. The molecular formula is C23H31F3N2O. The summed E-state index contributed by atoms with van der Waals surface area (Å²) in [5.74, 6) is 1.04. The molecule has 2 aliphatic rings. The molecule has 1 saturated heterocycles. The molecule has 1 heterocycles. The van der Waals surface area contributed by atoms with E-state index in [1.807, 2.05) is 20.2 Å². The number of fused-ring (bicyclic) bond motifs is 1. The molecule has 0 bridgehead atoms. The molecule has 3 nitrogen and oxygen atoms in total. The van der Waals surface area contributed by atoms with E-state index in [9.17, 15) is 13.2 Å². The van der Waals surface area contributed by atoms with Gasteiger partial charge in [-0.3, -0.25) is 0 Å². The first-order valence-electron chi connectivity index (χ1n) is 10.1. The second-order valence-electron chi connectivity index (χ2n) is 8.97. The summed E-state index contributed by atoms with van der Waals surface area (Å²) in [5, 5.41) is 0. The molecule has 1 aliphatic heterocycles. The van der Waals surface area contributed by atoms with Gasteiger partial charge in [0.2, 0.25) is 0 Å². The van der Waals surface area contributed by atoms with Crippen molar-refractivity contribution >= 4 is 0 Å². The lowest BCUT2D eigenvalue weighted by Crippen LogP contribution is -2.49. The average molecular weight is 409 g/mol. The lowest BCUT2D eigenvalue weighted by molar-refractivity contribution is -0.137. The van der Waals surface area contributed by atoms with Gasteiger partial charge in [-0.05, 0) is 70.5 Å². The van der Waals surface area contributed by atoms with Gasteiger partial charge in [-0.1, -0.05) is 18.2 Å². The van der Waals surface area contributed by atoms with Crippen LogP contribution in [0, 0.1) is 5.92 Å². The van der Waals surface area contributed by atoms with Crippen molar-refractivity contribution in [3.8, 4) is 0 Å². The molecule has 0 N–H and O–H groups in total. The van der Waals surface area contributed by atoms with Gasteiger partial charge in [0.05, 0.1) is 5.56 Å². The van der Waals surface area contributed by atoms with E-state index in [0.717, 1.165) is 42.5 Å². The molecule has 0 saturated carbocycles. The molecule has 1 aromatic rings. The highest BCUT2D eigenvalue weighted by atomic mass is 19.4. The summed E-state index contributed by atoms with van der Waals surface area (Å²) in [6.07, 6.45) is 1.40. The van der Waals surface area contributed by atoms with Crippen LogP contribution in [0.5, 0.6) is 0 Å². The molecule has 2 unspecified atom stereocenters. The second-order valence-corrected chi connectivity index (χ2v) is 8.97. The van der Waals surface area contributed by atoms with Crippen molar-refractivity contribution in [1.29, 1.82) is 0 Å². The summed E-state index contributed by atoms with van der Waals surface area (Å²) < 4.78 is 45.7. The monoisotopic (exact) mass is 408 g/mol. The lowest BCUT2D eigenvalue weighted by Gasteiger charge is -2.51. The molecule has 160 valence electrons. The van der Waals surface area contributed by atoms with Gasteiger partial charge < -0.3 is 14.5 Å². The third-order valence-corrected chi connectivity index (χ3v) is 6.19. The zero-order valence-corrected chi connectivity index (χ0v) is 17.9. The van der Waals surface area contributed by atoms with Gasteiger partial charge >= 0.3 is 6.18 Å². The van der Waals surface area contributed by atoms with E-state index in [0.29, 0.717) is 6.61 Å². The third kappa shape index (κ3) is 4.80. The van der Waals surface area contributed by atoms with Crippen molar-refractivity contribution in [2.75, 3.05) is 34.3 Å². The topological polar surface area (TPSA) is 15.7 Å². The number of piperidine rings is 1. The van der Waals surface area contributed by atoms with E-state index < -0.39 is 11.7 Å². The number of hydrogen-bond acceptors (Lipinski definition) is 3. The van der Waals surface area contributed by atoms with Crippen LogP contribution in [0.4, 0.5) is 13.2 Å². The molecule has 1 aliphatic carbocycles. The predicted molar refractivity (Wildman–Crippen MR) is 109 cm³/mol. The van der Waals surface area contributed by atoms with Crippen molar-refractivity contribution in [2.24, 2.45) is 5.92 Å². The Balaban J connectivity index is 1.89. The van der Waals surface area contributed by atoms with Crippen LogP contribution in [0.3, 0.4) is 0 Å². The summed E-state index contributed by atoms with van der Waals surface area (Å²) in [6.45, 7) is 5.74. The predicted octanol–water partition coefficient (Wildman–Crippen LogP) is 5.27. The van der Waals surface area contributed by atoms with Crippen molar-refractivity contribution in [3.05, 3.63) is 59.0 Å². The average Bonchev–Trinajstić information content (AvgIpc) is 2.64. The van der Waals surface area contributed by atoms with E-state index in [1.54, 1.807) is 0 Å². The maximum atomic E-state index is 13.3. The highest BCUT2D eigenvalue weighted by molar-refractivity contribution is 5.36. The number of allylic oxidation sites excluding steroid dienone is 3. The van der Waals surface area contributed by atoms with Crippen LogP contribution in [-0.4, -0.2) is 49.6 Å². The first-order valence-corrected chi connectivity index (χ1v) is 10.1. The number of alkyl halides is 3. The van der Waals surface area contributed by atoms with Gasteiger partial charge in [0.1, 0.15) is 12.4 Å². The fourth-order valence-electron chi connectivity index (χ4n) is 4.30. The number of benzene rings is 1. The first-order chi connectivity index (χ1) is 13.5. The Bertz CT molecular complexity index is 796. The number of likely N-dealkylation sites (N-methyl/N-ethyl adjacent to an activating group) is 1. The summed E-state index contributed by atoms with van der Waals surface area (Å²) >= 11 is 0. The van der Waals surface area contributed by atoms with Crippen LogP contribution in [0.2, 0.25) is 0 Å². The van der Waals surface area contributed by atoms with Crippen LogP contribution in [0.15, 0.2) is 47.9 Å². The van der Waals surface area contributed by atoms with E-state index in [-0.39, 0.29) is 17.4 Å². The summed E-state index contributed by atoms with van der Waals surface area (Å²) in [7, 11) is 6.08. The standard InChI is InChI=1S/C23H31F3N2O/c1-22(2)15-20(16-7-6-8-17(13-16)23(24,25)26)19-10-9-18(14-21(19)28(22)5)29-12-11-27(3)4/h6-9,13-14,19-20H,10-12,15H2,1-5H3. The molecule has 0 aromatic heterocycles. The molecule has 6 heteroatoms. The first kappa shape index (κ1) is 21.8. The Kier molecular flexibility index (Phi) is 6.04. The van der Waals surface area contributed by atoms with Crippen molar-refractivity contribution in [2.45, 2.75) is 44.3 Å². The van der Waals surface area contributed by atoms with Gasteiger partial charge in [-0.15, -0.1) is 0 Å². The Hall–Kier alpha value is -1.95. The van der Waals surface area contributed by atoms with Gasteiger partial charge in [0.25, 0.3) is 0 Å². The summed E-state index contributed by atoms with van der Waals surface area (Å²) in [6, 6.07) is 5.85. The fraction of sp³-hybridized carbons (Fsp3) is 0.565. The largest absolute Gasteiger partial charge is 0.493 e. The molecule has 2 atom stereocenters. The zero-order valence-electron chi connectivity index (χ0n) is 17.9. The van der Waals surface area contributed by atoms with Gasteiger partial charge in [0.15, 0.2) is 0 Å². The molecule has 0 radical (unpaired) electrons. The molecule has 1 fully saturated rings. The summed E-state index contributed by atoms with van der Waals surface area (Å²) in [4.78, 5) is 4.34. The zero-order chi connectivity index (χ0) is 21.4. The number of hydrogen-bond donors (Lipinski definition) is 0. The van der Waals surface area contributed by atoms with Crippen LogP contribution < -0.4 is 0 Å². The minimum atomic E-state index is -4.32. The fourth-order valence-corrected chi connectivity index (χ4v) is 4.30. The highest BCUT2D eigenvalue weighted by Gasteiger charge is 2.43. The quantitative estimate of drug-likeness (QED) is 0.660. The molecule has 0 spiro atoms. The molecule has 1 aromatic carbocycles. The third-order valence-electron chi connectivity index (χ3n) is 6.19. The Labute approximate surface area is 171 Å². The van der Waals surface area contributed by atoms with Crippen molar-refractivity contribution in [3.63, 3.8) is 0 Å². The SMILES string of the molecule is CN(C)CCOC1=CCC2C(=C1)N(C)C(C)(C)CC2c1cccc(C(F)(F)F)c1. The van der Waals surface area contributed by atoms with E-state index in [2.05, 4.69) is 42.8 Å². The Morgan fingerprint density at radius 1 is 1.21 bits per heavy atom. The Morgan fingerprint density at radius 3 is 2.59 bits per heavy atom. The Morgan fingerprint density at radius 2 is 1.93 bits per heavy atom. The number of ether oxygens (including phenoxy) is 1. The highest BCUT2D eigenvalue weighted by Crippen LogP contribution is 2.49. The molecule has 3 rings (SSSR count). The van der Waals surface area contributed by atoms with E-state index >= 15 is 0 Å². The molecule has 0 amide bonds. The normalized spacial score (nSPS) is 24.1. The van der Waals surface area contributed by atoms with E-state index in [4.69, 9.17) is 4.74 Å². The van der Waals surface area contributed by atoms with Gasteiger partial charge in [-0.2, -0.15) is 13.2 Å². The number of rotatable bonds is 5. The number of likely N-dealkylation sites (tertiary alicyclic amines) is 1. The van der Waals surface area contributed by atoms with Crippen molar-refractivity contribution < 1.29 is 17.9 Å². The minimum Gasteiger partial charge on any atom is -0.493 e. The van der Waals surface area contributed by atoms with Crippen LogP contribution in [0.1, 0.15) is 43.7 Å². The molecule has 29 heavy (non-hydrogen) atoms. The maximum Gasteiger partial charge on any atom is 0.416 e. The van der Waals surface area contributed by atoms with E-state index in [1.165, 1.54) is 12.1 Å². The minimum absolute atomic E-state index is 0.0364. The maximum absolute atomic E-state index is 13.3. The van der Waals surface area contributed by atoms with Crippen LogP contribution in [-0.2, 0) is 10.9 Å². The second kappa shape index (κ2) is 8.05. The number of halogens is 3. The van der Waals surface area contributed by atoms with Gasteiger partial charge in [0, 0.05) is 30.7 Å². The van der Waals surface area contributed by atoms with Crippen LogP contribution in [0.25, 0.3) is 0 Å². The van der Waals surface area contributed by atoms with Gasteiger partial charge in [-0.25, -0.2) is 0 Å². The van der Waals surface area contributed by atoms with Crippen molar-refractivity contribution in [1.82, 2.24) is 9.80 Å². The van der Waals surface area contributed by atoms with Crippen LogP contribution >= 0.6 is 0 Å². The number of nitrogens with zero attached hydrogens (tertiary/aromatic N) is 2.